The molecule has 27 heavy (non-hydrogen) atoms. The summed E-state index contributed by atoms with van der Waals surface area (Å²) in [6.07, 6.45) is 1.54. The van der Waals surface area contributed by atoms with Crippen molar-refractivity contribution in [2.75, 3.05) is 6.54 Å². The molecular weight excluding hydrogens is 342 g/mol. The zero-order chi connectivity index (χ0) is 19.0. The summed E-state index contributed by atoms with van der Waals surface area (Å²) in [5.74, 6) is 1.02. The summed E-state index contributed by atoms with van der Waals surface area (Å²) in [6, 6.07) is 9.99. The molecule has 7 nitrogen and oxygen atoms in total. The van der Waals surface area contributed by atoms with Crippen LogP contribution in [0, 0.1) is 6.92 Å². The van der Waals surface area contributed by atoms with Crippen LogP contribution in [-0.4, -0.2) is 37.3 Å². The maximum absolute atomic E-state index is 13.2. The summed E-state index contributed by atoms with van der Waals surface area (Å²) in [6.45, 7) is 5.05. The fourth-order valence-electron chi connectivity index (χ4n) is 3.80. The molecule has 0 saturated carbocycles. The van der Waals surface area contributed by atoms with Crippen LogP contribution >= 0.6 is 0 Å². The second-order valence-electron chi connectivity index (χ2n) is 6.93. The van der Waals surface area contributed by atoms with Gasteiger partial charge in [0, 0.05) is 37.8 Å². The molecule has 1 aliphatic heterocycles. The van der Waals surface area contributed by atoms with Crippen LogP contribution in [0.15, 0.2) is 34.9 Å². The minimum absolute atomic E-state index is 0.126. The number of hydrogen-bond acceptors (Lipinski definition) is 5. The van der Waals surface area contributed by atoms with Gasteiger partial charge in [0.1, 0.15) is 0 Å². The first-order valence-electron chi connectivity index (χ1n) is 9.27. The van der Waals surface area contributed by atoms with Gasteiger partial charge in [0.15, 0.2) is 11.5 Å². The van der Waals surface area contributed by atoms with Crippen LogP contribution in [-0.2, 0) is 24.8 Å². The first-order chi connectivity index (χ1) is 13.1. The molecule has 4 rings (SSSR count). The highest BCUT2D eigenvalue weighted by Crippen LogP contribution is 2.31. The van der Waals surface area contributed by atoms with Crippen molar-refractivity contribution in [3.63, 3.8) is 0 Å². The van der Waals surface area contributed by atoms with Gasteiger partial charge in [-0.3, -0.25) is 9.48 Å². The van der Waals surface area contributed by atoms with Crippen molar-refractivity contribution in [3.8, 4) is 11.6 Å². The number of carbonyl (C=O) groups excluding carboxylic acids is 1. The Hall–Kier alpha value is -2.96. The van der Waals surface area contributed by atoms with Gasteiger partial charge >= 0.3 is 0 Å². The topological polar surface area (TPSA) is 77.1 Å². The highest BCUT2D eigenvalue weighted by Gasteiger charge is 2.32. The molecule has 0 saturated heterocycles. The average molecular weight is 365 g/mol. The van der Waals surface area contributed by atoms with E-state index in [4.69, 9.17) is 4.52 Å². The van der Waals surface area contributed by atoms with Gasteiger partial charge in [0.05, 0.1) is 5.92 Å². The van der Waals surface area contributed by atoms with E-state index in [9.17, 15) is 4.79 Å². The van der Waals surface area contributed by atoms with Crippen molar-refractivity contribution in [1.29, 1.82) is 0 Å². The van der Waals surface area contributed by atoms with Crippen LogP contribution in [0.4, 0.5) is 0 Å². The first kappa shape index (κ1) is 17.5. The lowest BCUT2D eigenvalue weighted by atomic mass is 9.93. The number of hydrogen-bond donors (Lipinski definition) is 0. The molecule has 7 heteroatoms. The predicted molar refractivity (Wildman–Crippen MR) is 99.8 cm³/mol. The van der Waals surface area contributed by atoms with E-state index in [1.54, 1.807) is 6.92 Å². The zero-order valence-electron chi connectivity index (χ0n) is 15.8. The SMILES string of the molecule is CC[C@@H](C(=O)N1CCc2c(c(-c3nc(C)no3)nn2C)C1)c1ccccc1. The van der Waals surface area contributed by atoms with E-state index >= 15 is 0 Å². The van der Waals surface area contributed by atoms with E-state index in [1.807, 2.05) is 47.0 Å². The van der Waals surface area contributed by atoms with Gasteiger partial charge in [-0.2, -0.15) is 10.1 Å². The number of aromatic nitrogens is 4. The molecule has 2 aromatic heterocycles. The molecule has 140 valence electrons. The van der Waals surface area contributed by atoms with Gasteiger partial charge in [-0.1, -0.05) is 42.4 Å². The molecule has 1 atom stereocenters. The van der Waals surface area contributed by atoms with Gasteiger partial charge in [0.2, 0.25) is 5.91 Å². The highest BCUT2D eigenvalue weighted by molar-refractivity contribution is 5.84. The standard InChI is InChI=1S/C20H23N5O2/c1-4-15(14-8-6-5-7-9-14)20(26)25-11-10-17-16(12-25)18(22-24(17)3)19-21-13(2)23-27-19/h5-9,15H,4,10-12H2,1-3H3/t15-/m1/s1. The third kappa shape index (κ3) is 3.13. The van der Waals surface area contributed by atoms with Gasteiger partial charge in [-0.15, -0.1) is 0 Å². The molecule has 0 N–H and O–H groups in total. The zero-order valence-corrected chi connectivity index (χ0v) is 15.8. The minimum atomic E-state index is -0.126. The number of rotatable bonds is 4. The first-order valence-corrected chi connectivity index (χ1v) is 9.27. The summed E-state index contributed by atoms with van der Waals surface area (Å²) >= 11 is 0. The van der Waals surface area contributed by atoms with E-state index in [-0.39, 0.29) is 11.8 Å². The Morgan fingerprint density at radius 1 is 1.30 bits per heavy atom. The largest absolute Gasteiger partial charge is 0.337 e. The van der Waals surface area contributed by atoms with E-state index in [0.29, 0.717) is 30.5 Å². The highest BCUT2D eigenvalue weighted by atomic mass is 16.5. The van der Waals surface area contributed by atoms with Crippen LogP contribution in [0.25, 0.3) is 11.6 Å². The fraction of sp³-hybridized carbons (Fsp3) is 0.400. The van der Waals surface area contributed by atoms with Crippen molar-refractivity contribution in [2.45, 2.75) is 39.2 Å². The van der Waals surface area contributed by atoms with Crippen LogP contribution in [0.5, 0.6) is 0 Å². The fourth-order valence-corrected chi connectivity index (χ4v) is 3.80. The molecule has 1 amide bonds. The Morgan fingerprint density at radius 3 is 2.74 bits per heavy atom. The molecule has 0 radical (unpaired) electrons. The van der Waals surface area contributed by atoms with Crippen molar-refractivity contribution in [1.82, 2.24) is 24.8 Å². The lowest BCUT2D eigenvalue weighted by molar-refractivity contribution is -0.133. The minimum Gasteiger partial charge on any atom is -0.337 e. The summed E-state index contributed by atoms with van der Waals surface area (Å²) < 4.78 is 7.18. The lowest BCUT2D eigenvalue weighted by Gasteiger charge is -2.30. The van der Waals surface area contributed by atoms with Gasteiger partial charge in [-0.25, -0.2) is 0 Å². The van der Waals surface area contributed by atoms with Crippen LogP contribution < -0.4 is 0 Å². The molecular formula is C20H23N5O2. The quantitative estimate of drug-likeness (QED) is 0.710. The summed E-state index contributed by atoms with van der Waals surface area (Å²) in [5.41, 5.74) is 3.87. The van der Waals surface area contributed by atoms with Gasteiger partial charge in [0.25, 0.3) is 5.89 Å². The molecule has 1 aromatic carbocycles. The maximum atomic E-state index is 13.2. The molecule has 1 aliphatic rings. The average Bonchev–Trinajstić information content (AvgIpc) is 3.26. The Bertz CT molecular complexity index is 960. The number of aryl methyl sites for hydroxylation is 2. The van der Waals surface area contributed by atoms with E-state index in [2.05, 4.69) is 22.2 Å². The summed E-state index contributed by atoms with van der Waals surface area (Å²) in [7, 11) is 1.92. The molecule has 0 unspecified atom stereocenters. The number of nitrogens with zero attached hydrogens (tertiary/aromatic N) is 5. The summed E-state index contributed by atoms with van der Waals surface area (Å²) in [4.78, 5) is 19.5. The third-order valence-corrected chi connectivity index (χ3v) is 5.19. The van der Waals surface area contributed by atoms with Crippen molar-refractivity contribution < 1.29 is 9.32 Å². The van der Waals surface area contributed by atoms with Gasteiger partial charge in [-0.05, 0) is 18.9 Å². The summed E-state index contributed by atoms with van der Waals surface area (Å²) in [5, 5.41) is 8.45. The molecule has 0 fully saturated rings. The smallest absolute Gasteiger partial charge is 0.278 e. The third-order valence-electron chi connectivity index (χ3n) is 5.19. The second-order valence-corrected chi connectivity index (χ2v) is 6.93. The predicted octanol–water partition coefficient (Wildman–Crippen LogP) is 2.86. The Morgan fingerprint density at radius 2 is 2.07 bits per heavy atom. The van der Waals surface area contributed by atoms with Crippen molar-refractivity contribution in [3.05, 3.63) is 53.0 Å². The Labute approximate surface area is 158 Å². The van der Waals surface area contributed by atoms with Crippen molar-refractivity contribution in [2.24, 2.45) is 7.05 Å². The lowest BCUT2D eigenvalue weighted by Crippen LogP contribution is -2.39. The normalized spacial score (nSPS) is 14.9. The number of carbonyl (C=O) groups is 1. The van der Waals surface area contributed by atoms with E-state index in [1.165, 1.54) is 0 Å². The molecule has 0 aliphatic carbocycles. The van der Waals surface area contributed by atoms with E-state index in [0.717, 1.165) is 29.7 Å². The second kappa shape index (κ2) is 6.98. The Kier molecular flexibility index (Phi) is 4.51. The number of fused-ring (bicyclic) bond motifs is 1. The maximum Gasteiger partial charge on any atom is 0.278 e. The molecule has 3 aromatic rings. The van der Waals surface area contributed by atoms with Crippen molar-refractivity contribution >= 4 is 5.91 Å². The van der Waals surface area contributed by atoms with Crippen LogP contribution in [0.2, 0.25) is 0 Å². The van der Waals surface area contributed by atoms with E-state index < -0.39 is 0 Å². The monoisotopic (exact) mass is 365 g/mol. The van der Waals surface area contributed by atoms with Crippen LogP contribution in [0.1, 0.15) is 41.9 Å². The number of amides is 1. The molecule has 0 bridgehead atoms. The number of benzene rings is 1. The van der Waals surface area contributed by atoms with Gasteiger partial charge < -0.3 is 9.42 Å². The van der Waals surface area contributed by atoms with Crippen LogP contribution in [0.3, 0.4) is 0 Å². The Balaban J connectivity index is 1.63. The molecule has 3 heterocycles. The molecule has 0 spiro atoms.